The molecule has 1 N–H and O–H groups in total. The molecule has 134 valence electrons. The second kappa shape index (κ2) is 8.29. The van der Waals surface area contributed by atoms with Gasteiger partial charge in [0, 0.05) is 19.1 Å². The molecule has 1 amide bonds. The topological polar surface area (TPSA) is 75.7 Å². The Bertz CT molecular complexity index is 687. The zero-order chi connectivity index (χ0) is 17.7. The van der Waals surface area contributed by atoms with Crippen LogP contribution in [0.5, 0.6) is 0 Å². The molecule has 1 saturated heterocycles. The van der Waals surface area contributed by atoms with Crippen LogP contribution in [0.15, 0.2) is 23.1 Å². The third-order valence-electron chi connectivity index (χ3n) is 3.89. The van der Waals surface area contributed by atoms with Crippen molar-refractivity contribution in [3.8, 4) is 0 Å². The molecule has 0 aliphatic carbocycles. The van der Waals surface area contributed by atoms with Gasteiger partial charge in [0.25, 0.3) is 5.91 Å². The molecule has 1 aliphatic heterocycles. The Labute approximate surface area is 148 Å². The molecule has 1 atom stereocenters. The maximum Gasteiger partial charge on any atom is 0.253 e. The summed E-state index contributed by atoms with van der Waals surface area (Å²) in [6.45, 7) is 5.29. The number of sulfonamides is 1. The van der Waals surface area contributed by atoms with Gasteiger partial charge in [-0.15, -0.1) is 0 Å². The molecule has 0 saturated carbocycles. The average molecular weight is 375 g/mol. The van der Waals surface area contributed by atoms with Gasteiger partial charge in [0.1, 0.15) is 0 Å². The number of carbonyl (C=O) groups is 1. The van der Waals surface area contributed by atoms with Crippen LogP contribution in [-0.2, 0) is 14.8 Å². The number of halogens is 1. The number of hydrogen-bond acceptors (Lipinski definition) is 4. The molecule has 1 aromatic carbocycles. The van der Waals surface area contributed by atoms with Gasteiger partial charge in [-0.3, -0.25) is 4.79 Å². The minimum atomic E-state index is -3.66. The summed E-state index contributed by atoms with van der Waals surface area (Å²) in [6.07, 6.45) is 1.79. The number of nitrogens with one attached hydrogen (secondary N) is 1. The number of amides is 1. The van der Waals surface area contributed by atoms with Crippen molar-refractivity contribution in [3.05, 3.63) is 28.8 Å². The molecular weight excluding hydrogens is 352 g/mol. The Hall–Kier alpha value is -1.15. The lowest BCUT2D eigenvalue weighted by Crippen LogP contribution is -2.40. The molecule has 6 nitrogen and oxygen atoms in total. The van der Waals surface area contributed by atoms with E-state index in [-0.39, 0.29) is 27.4 Å². The van der Waals surface area contributed by atoms with Crippen molar-refractivity contribution in [2.45, 2.75) is 37.6 Å². The Morgan fingerprint density at radius 1 is 1.38 bits per heavy atom. The SMILES string of the molecule is CCC[C@H](C)NC(=O)c1cc(S(=O)(=O)N2CCOCC2)ccc1Cl. The van der Waals surface area contributed by atoms with Gasteiger partial charge in [-0.25, -0.2) is 8.42 Å². The molecule has 24 heavy (non-hydrogen) atoms. The molecule has 1 heterocycles. The number of rotatable bonds is 6. The Kier molecular flexibility index (Phi) is 6.62. The Balaban J connectivity index is 2.26. The molecule has 1 aliphatic rings. The van der Waals surface area contributed by atoms with Crippen LogP contribution in [0, 0.1) is 0 Å². The minimum absolute atomic E-state index is 0.00178. The van der Waals surface area contributed by atoms with Crippen molar-refractivity contribution < 1.29 is 17.9 Å². The zero-order valence-corrected chi connectivity index (χ0v) is 15.5. The maximum absolute atomic E-state index is 12.7. The number of ether oxygens (including phenoxy) is 1. The number of carbonyl (C=O) groups excluding carboxylic acids is 1. The van der Waals surface area contributed by atoms with Crippen LogP contribution in [0.25, 0.3) is 0 Å². The summed E-state index contributed by atoms with van der Waals surface area (Å²) < 4.78 is 31.9. The molecular formula is C16H23ClN2O4S. The van der Waals surface area contributed by atoms with Gasteiger partial charge < -0.3 is 10.1 Å². The summed E-state index contributed by atoms with van der Waals surface area (Å²) in [6, 6.07) is 4.23. The molecule has 1 aromatic rings. The van der Waals surface area contributed by atoms with Gasteiger partial charge in [0.05, 0.1) is 28.7 Å². The third kappa shape index (κ3) is 4.47. The summed E-state index contributed by atoms with van der Waals surface area (Å²) in [5.74, 6) is -0.361. The van der Waals surface area contributed by atoms with E-state index in [0.717, 1.165) is 12.8 Å². The van der Waals surface area contributed by atoms with Crippen LogP contribution in [-0.4, -0.2) is 51.0 Å². The van der Waals surface area contributed by atoms with Crippen LogP contribution in [0.1, 0.15) is 37.0 Å². The number of nitrogens with zero attached hydrogens (tertiary/aromatic N) is 1. The maximum atomic E-state index is 12.7. The fraction of sp³-hybridized carbons (Fsp3) is 0.562. The third-order valence-corrected chi connectivity index (χ3v) is 6.11. The summed E-state index contributed by atoms with van der Waals surface area (Å²) in [4.78, 5) is 12.5. The molecule has 0 bridgehead atoms. The van der Waals surface area contributed by atoms with Gasteiger partial charge >= 0.3 is 0 Å². The highest BCUT2D eigenvalue weighted by Gasteiger charge is 2.27. The number of benzene rings is 1. The van der Waals surface area contributed by atoms with Gasteiger partial charge in [-0.1, -0.05) is 24.9 Å². The van der Waals surface area contributed by atoms with Crippen molar-refractivity contribution >= 4 is 27.5 Å². The van der Waals surface area contributed by atoms with Crippen molar-refractivity contribution in [2.75, 3.05) is 26.3 Å². The lowest BCUT2D eigenvalue weighted by Gasteiger charge is -2.26. The highest BCUT2D eigenvalue weighted by atomic mass is 35.5. The number of morpholine rings is 1. The van der Waals surface area contributed by atoms with E-state index in [9.17, 15) is 13.2 Å². The Morgan fingerprint density at radius 3 is 2.67 bits per heavy atom. The van der Waals surface area contributed by atoms with Crippen LogP contribution >= 0.6 is 11.6 Å². The second-order valence-electron chi connectivity index (χ2n) is 5.82. The molecule has 0 radical (unpaired) electrons. The van der Waals surface area contributed by atoms with E-state index in [1.165, 1.54) is 22.5 Å². The summed E-state index contributed by atoms with van der Waals surface area (Å²) in [5, 5.41) is 3.08. The van der Waals surface area contributed by atoms with Gasteiger partial charge in [0.15, 0.2) is 0 Å². The highest BCUT2D eigenvalue weighted by Crippen LogP contribution is 2.23. The van der Waals surface area contributed by atoms with E-state index in [0.29, 0.717) is 26.3 Å². The van der Waals surface area contributed by atoms with Gasteiger partial charge in [-0.05, 0) is 31.5 Å². The van der Waals surface area contributed by atoms with Crippen LogP contribution in [0.3, 0.4) is 0 Å². The fourth-order valence-electron chi connectivity index (χ4n) is 2.58. The normalized spacial score (nSPS) is 17.5. The van der Waals surface area contributed by atoms with Crippen LogP contribution < -0.4 is 5.32 Å². The predicted molar refractivity (Wildman–Crippen MR) is 92.9 cm³/mol. The van der Waals surface area contributed by atoms with Crippen molar-refractivity contribution in [3.63, 3.8) is 0 Å². The first kappa shape index (κ1) is 19.2. The average Bonchev–Trinajstić information content (AvgIpc) is 2.56. The lowest BCUT2D eigenvalue weighted by atomic mass is 10.1. The summed E-state index contributed by atoms with van der Waals surface area (Å²) in [5.41, 5.74) is 0.175. The minimum Gasteiger partial charge on any atom is -0.379 e. The molecule has 0 aromatic heterocycles. The molecule has 1 fully saturated rings. The smallest absolute Gasteiger partial charge is 0.253 e. The first-order chi connectivity index (χ1) is 11.4. The van der Waals surface area contributed by atoms with E-state index >= 15 is 0 Å². The summed E-state index contributed by atoms with van der Waals surface area (Å²) in [7, 11) is -3.66. The predicted octanol–water partition coefficient (Wildman–Crippen LogP) is 2.28. The van der Waals surface area contributed by atoms with E-state index in [1.54, 1.807) is 0 Å². The zero-order valence-electron chi connectivity index (χ0n) is 13.9. The van der Waals surface area contributed by atoms with E-state index in [1.807, 2.05) is 13.8 Å². The molecule has 0 unspecified atom stereocenters. The van der Waals surface area contributed by atoms with E-state index < -0.39 is 10.0 Å². The largest absolute Gasteiger partial charge is 0.379 e. The second-order valence-corrected chi connectivity index (χ2v) is 8.17. The van der Waals surface area contributed by atoms with Gasteiger partial charge in [-0.2, -0.15) is 4.31 Å². The van der Waals surface area contributed by atoms with Crippen LogP contribution in [0.2, 0.25) is 5.02 Å². The van der Waals surface area contributed by atoms with Crippen molar-refractivity contribution in [2.24, 2.45) is 0 Å². The quantitative estimate of drug-likeness (QED) is 0.828. The first-order valence-corrected chi connectivity index (χ1v) is 9.86. The van der Waals surface area contributed by atoms with Gasteiger partial charge in [0.2, 0.25) is 10.0 Å². The van der Waals surface area contributed by atoms with E-state index in [4.69, 9.17) is 16.3 Å². The molecule has 2 rings (SSSR count). The lowest BCUT2D eigenvalue weighted by molar-refractivity contribution is 0.0730. The van der Waals surface area contributed by atoms with Crippen molar-refractivity contribution in [1.29, 1.82) is 0 Å². The van der Waals surface area contributed by atoms with Crippen molar-refractivity contribution in [1.82, 2.24) is 9.62 Å². The molecule has 8 heteroatoms. The van der Waals surface area contributed by atoms with E-state index in [2.05, 4.69) is 5.32 Å². The molecule has 0 spiro atoms. The standard InChI is InChI=1S/C16H23ClN2O4S/c1-3-4-12(2)18-16(20)14-11-13(5-6-15(14)17)24(21,22)19-7-9-23-10-8-19/h5-6,11-12H,3-4,7-10H2,1-2H3,(H,18,20)/t12-/m0/s1. The summed E-state index contributed by atoms with van der Waals surface area (Å²) >= 11 is 6.10. The monoisotopic (exact) mass is 374 g/mol. The van der Waals surface area contributed by atoms with Crippen LogP contribution in [0.4, 0.5) is 0 Å². The first-order valence-electron chi connectivity index (χ1n) is 8.04. The fourth-order valence-corrected chi connectivity index (χ4v) is 4.22. The highest BCUT2D eigenvalue weighted by molar-refractivity contribution is 7.89. The number of hydrogen-bond donors (Lipinski definition) is 1. The Morgan fingerprint density at radius 2 is 2.04 bits per heavy atom.